The van der Waals surface area contributed by atoms with Gasteiger partial charge >= 0.3 is 5.97 Å². The van der Waals surface area contributed by atoms with Crippen LogP contribution < -0.4 is 9.47 Å². The molecule has 0 spiro atoms. The van der Waals surface area contributed by atoms with Crippen molar-refractivity contribution in [1.82, 2.24) is 4.90 Å². The Bertz CT molecular complexity index is 794. The summed E-state index contributed by atoms with van der Waals surface area (Å²) in [7, 11) is 3.02. The summed E-state index contributed by atoms with van der Waals surface area (Å²) in [4.78, 5) is 37.6. The molecule has 2 amide bonds. The van der Waals surface area contributed by atoms with Gasteiger partial charge in [0.1, 0.15) is 6.54 Å². The number of carbonyl (C=O) groups is 3. The number of rotatable bonds is 7. The van der Waals surface area contributed by atoms with Crippen molar-refractivity contribution in [2.75, 3.05) is 20.8 Å². The van der Waals surface area contributed by atoms with Crippen molar-refractivity contribution in [2.24, 2.45) is 0 Å². The summed E-state index contributed by atoms with van der Waals surface area (Å²) in [5.41, 5.74) is 0.646. The van der Waals surface area contributed by atoms with Gasteiger partial charge in [-0.25, -0.2) is 0 Å². The third-order valence-corrected chi connectivity index (χ3v) is 5.32. The third kappa shape index (κ3) is 5.04. The first kappa shape index (κ1) is 21.3. The van der Waals surface area contributed by atoms with Crippen LogP contribution in [-0.4, -0.2) is 48.9 Å². The number of hydrogen-bond donors (Lipinski definition) is 0. The minimum absolute atomic E-state index is 0.218. The molecule has 1 heterocycles. The number of imide groups is 1. The molecule has 0 saturated carbocycles. The van der Waals surface area contributed by atoms with E-state index in [9.17, 15) is 14.4 Å². The van der Waals surface area contributed by atoms with Crippen LogP contribution in [0.4, 0.5) is 4.79 Å². The standard InChI is InChI=1S/C18H20BrNO6S/c1-5-10(2)26-15(21)9-20-17(22)14(27-18(20)23)8-11-6-12(19)16(25-4)13(7-11)24-3/h6-8,10H,5,9H2,1-4H3/b14-8+/t10-/m1/s1. The minimum atomic E-state index is -0.609. The number of thioether (sulfide) groups is 1. The Hall–Kier alpha value is -2.00. The van der Waals surface area contributed by atoms with Crippen LogP contribution in [0, 0.1) is 0 Å². The molecule has 0 N–H and O–H groups in total. The highest BCUT2D eigenvalue weighted by molar-refractivity contribution is 9.10. The van der Waals surface area contributed by atoms with Gasteiger partial charge in [0.25, 0.3) is 11.1 Å². The van der Waals surface area contributed by atoms with Gasteiger partial charge in [0.2, 0.25) is 0 Å². The molecule has 1 saturated heterocycles. The highest BCUT2D eigenvalue weighted by Gasteiger charge is 2.37. The van der Waals surface area contributed by atoms with Crippen LogP contribution in [0.3, 0.4) is 0 Å². The van der Waals surface area contributed by atoms with Crippen LogP contribution in [0.15, 0.2) is 21.5 Å². The molecule has 2 rings (SSSR count). The fraction of sp³-hybridized carbons (Fsp3) is 0.389. The molecule has 146 valence electrons. The van der Waals surface area contributed by atoms with Gasteiger partial charge in [-0.3, -0.25) is 19.3 Å². The van der Waals surface area contributed by atoms with E-state index in [0.29, 0.717) is 28.0 Å². The molecule has 0 radical (unpaired) electrons. The Morgan fingerprint density at radius 1 is 1.30 bits per heavy atom. The number of ether oxygens (including phenoxy) is 3. The van der Waals surface area contributed by atoms with Crippen molar-refractivity contribution in [3.63, 3.8) is 0 Å². The van der Waals surface area contributed by atoms with Gasteiger partial charge in [-0.2, -0.15) is 0 Å². The van der Waals surface area contributed by atoms with E-state index in [1.165, 1.54) is 14.2 Å². The SMILES string of the molecule is CC[C@@H](C)OC(=O)CN1C(=O)S/C(=C/c2cc(Br)c(OC)c(OC)c2)C1=O. The first-order valence-corrected chi connectivity index (χ1v) is 9.78. The lowest BCUT2D eigenvalue weighted by atomic mass is 10.2. The first-order valence-electron chi connectivity index (χ1n) is 8.17. The predicted molar refractivity (Wildman–Crippen MR) is 106 cm³/mol. The summed E-state index contributed by atoms with van der Waals surface area (Å²) < 4.78 is 16.3. The second-order valence-electron chi connectivity index (χ2n) is 5.71. The summed E-state index contributed by atoms with van der Waals surface area (Å²) in [6, 6.07) is 3.43. The minimum Gasteiger partial charge on any atom is -0.493 e. The Labute approximate surface area is 170 Å². The predicted octanol–water partition coefficient (Wildman–Crippen LogP) is 3.84. The number of esters is 1. The van der Waals surface area contributed by atoms with Gasteiger partial charge in [0, 0.05) is 0 Å². The number of methoxy groups -OCH3 is 2. The van der Waals surface area contributed by atoms with Gasteiger partial charge in [-0.05, 0) is 64.8 Å². The largest absolute Gasteiger partial charge is 0.493 e. The zero-order chi connectivity index (χ0) is 20.1. The third-order valence-electron chi connectivity index (χ3n) is 3.82. The van der Waals surface area contributed by atoms with Crippen molar-refractivity contribution in [3.8, 4) is 11.5 Å². The van der Waals surface area contributed by atoms with E-state index in [2.05, 4.69) is 15.9 Å². The molecule has 1 fully saturated rings. The topological polar surface area (TPSA) is 82.1 Å². The summed E-state index contributed by atoms with van der Waals surface area (Å²) in [6.45, 7) is 3.23. The molecule has 0 aliphatic carbocycles. The Morgan fingerprint density at radius 3 is 2.59 bits per heavy atom. The van der Waals surface area contributed by atoms with E-state index in [4.69, 9.17) is 14.2 Å². The van der Waals surface area contributed by atoms with Crippen molar-refractivity contribution in [3.05, 3.63) is 27.1 Å². The van der Waals surface area contributed by atoms with E-state index >= 15 is 0 Å². The Morgan fingerprint density at radius 2 is 2.00 bits per heavy atom. The molecular weight excluding hydrogens is 438 g/mol. The maximum atomic E-state index is 12.5. The van der Waals surface area contributed by atoms with E-state index in [0.717, 1.165) is 16.7 Å². The van der Waals surface area contributed by atoms with Crippen LogP contribution >= 0.6 is 27.7 Å². The van der Waals surface area contributed by atoms with Crippen molar-refractivity contribution >= 4 is 50.9 Å². The van der Waals surface area contributed by atoms with E-state index < -0.39 is 23.7 Å². The summed E-state index contributed by atoms with van der Waals surface area (Å²) in [5.74, 6) is -0.135. The van der Waals surface area contributed by atoms with Gasteiger partial charge < -0.3 is 14.2 Å². The van der Waals surface area contributed by atoms with Crippen molar-refractivity contribution < 1.29 is 28.6 Å². The van der Waals surface area contributed by atoms with Crippen LogP contribution in [0.2, 0.25) is 0 Å². The molecule has 9 heteroatoms. The molecule has 27 heavy (non-hydrogen) atoms. The van der Waals surface area contributed by atoms with E-state index in [1.54, 1.807) is 25.1 Å². The van der Waals surface area contributed by atoms with Crippen LogP contribution in [0.5, 0.6) is 11.5 Å². The van der Waals surface area contributed by atoms with Gasteiger partial charge in [0.05, 0.1) is 29.7 Å². The second kappa shape index (κ2) is 9.27. The number of benzene rings is 1. The quantitative estimate of drug-likeness (QED) is 0.454. The number of nitrogens with zero attached hydrogens (tertiary/aromatic N) is 1. The average molecular weight is 458 g/mol. The fourth-order valence-electron chi connectivity index (χ4n) is 2.28. The lowest BCUT2D eigenvalue weighted by Crippen LogP contribution is -2.35. The summed E-state index contributed by atoms with van der Waals surface area (Å²) in [5, 5.41) is -0.508. The molecule has 0 aromatic heterocycles. The van der Waals surface area contributed by atoms with E-state index in [1.807, 2.05) is 6.92 Å². The number of carbonyl (C=O) groups excluding carboxylic acids is 3. The molecule has 0 unspecified atom stereocenters. The second-order valence-corrected chi connectivity index (χ2v) is 7.56. The van der Waals surface area contributed by atoms with Gasteiger partial charge in [-0.1, -0.05) is 6.92 Å². The Balaban J connectivity index is 2.21. The monoisotopic (exact) mass is 457 g/mol. The fourth-order valence-corrected chi connectivity index (χ4v) is 3.74. The maximum Gasteiger partial charge on any atom is 0.326 e. The molecule has 1 aliphatic heterocycles. The van der Waals surface area contributed by atoms with Crippen molar-refractivity contribution in [2.45, 2.75) is 26.4 Å². The number of hydrogen-bond acceptors (Lipinski definition) is 7. The van der Waals surface area contributed by atoms with Crippen LogP contribution in [-0.2, 0) is 14.3 Å². The number of amides is 2. The molecular formula is C18H20BrNO6S. The van der Waals surface area contributed by atoms with Gasteiger partial charge in [-0.15, -0.1) is 0 Å². The molecule has 1 atom stereocenters. The smallest absolute Gasteiger partial charge is 0.326 e. The first-order chi connectivity index (χ1) is 12.8. The van der Waals surface area contributed by atoms with Crippen LogP contribution in [0.25, 0.3) is 6.08 Å². The average Bonchev–Trinajstić information content (AvgIpc) is 2.88. The molecule has 0 bridgehead atoms. The Kier molecular flexibility index (Phi) is 7.32. The van der Waals surface area contributed by atoms with Crippen molar-refractivity contribution in [1.29, 1.82) is 0 Å². The van der Waals surface area contributed by atoms with E-state index in [-0.39, 0.29) is 11.0 Å². The highest BCUT2D eigenvalue weighted by Crippen LogP contribution is 2.38. The summed E-state index contributed by atoms with van der Waals surface area (Å²) >= 11 is 4.16. The highest BCUT2D eigenvalue weighted by atomic mass is 79.9. The summed E-state index contributed by atoms with van der Waals surface area (Å²) in [6.07, 6.45) is 1.95. The molecule has 7 nitrogen and oxygen atoms in total. The number of halogens is 1. The molecule has 1 aromatic rings. The molecule has 1 aliphatic rings. The van der Waals surface area contributed by atoms with Crippen LogP contribution in [0.1, 0.15) is 25.8 Å². The maximum absolute atomic E-state index is 12.5. The molecule has 1 aromatic carbocycles. The zero-order valence-electron chi connectivity index (χ0n) is 15.4. The lowest BCUT2D eigenvalue weighted by Gasteiger charge is -2.14. The zero-order valence-corrected chi connectivity index (χ0v) is 17.8. The normalized spacial score (nSPS) is 16.6. The van der Waals surface area contributed by atoms with Gasteiger partial charge in [0.15, 0.2) is 11.5 Å². The lowest BCUT2D eigenvalue weighted by molar-refractivity contribution is -0.150.